The Morgan fingerprint density at radius 2 is 2.21 bits per heavy atom. The molecule has 1 saturated heterocycles. The molecule has 0 unspecified atom stereocenters. The first-order chi connectivity index (χ1) is 11.7. The van der Waals surface area contributed by atoms with E-state index in [1.165, 1.54) is 0 Å². The highest BCUT2D eigenvalue weighted by atomic mass is 16.5. The van der Waals surface area contributed by atoms with Crippen LogP contribution in [0, 0.1) is 0 Å². The predicted molar refractivity (Wildman–Crippen MR) is 93.5 cm³/mol. The van der Waals surface area contributed by atoms with Gasteiger partial charge in [-0.25, -0.2) is 9.78 Å². The zero-order valence-corrected chi connectivity index (χ0v) is 14.8. The van der Waals surface area contributed by atoms with Gasteiger partial charge in [-0.2, -0.15) is 0 Å². The Morgan fingerprint density at radius 1 is 1.42 bits per heavy atom. The summed E-state index contributed by atoms with van der Waals surface area (Å²) in [6.45, 7) is 8.84. The van der Waals surface area contributed by atoms with Gasteiger partial charge in [-0.1, -0.05) is 13.8 Å². The number of methoxy groups -OCH3 is 1. The van der Waals surface area contributed by atoms with Gasteiger partial charge in [-0.15, -0.1) is 0 Å². The second-order valence-corrected chi connectivity index (χ2v) is 5.76. The lowest BCUT2D eigenvalue weighted by Gasteiger charge is -2.26. The van der Waals surface area contributed by atoms with Crippen LogP contribution in [0.3, 0.4) is 0 Å². The van der Waals surface area contributed by atoms with Gasteiger partial charge in [0.2, 0.25) is 5.88 Å². The maximum Gasteiger partial charge on any atom is 0.321 e. The molecule has 2 amide bonds. The van der Waals surface area contributed by atoms with Crippen molar-refractivity contribution in [3.63, 3.8) is 0 Å². The summed E-state index contributed by atoms with van der Waals surface area (Å²) in [6.07, 6.45) is 2.65. The van der Waals surface area contributed by atoms with Crippen molar-refractivity contribution in [2.75, 3.05) is 51.8 Å². The Bertz CT molecular complexity index is 522. The van der Waals surface area contributed by atoms with E-state index in [4.69, 9.17) is 9.47 Å². The van der Waals surface area contributed by atoms with E-state index >= 15 is 0 Å². The third-order valence-corrected chi connectivity index (χ3v) is 4.30. The summed E-state index contributed by atoms with van der Waals surface area (Å²) in [5.41, 5.74) is 0.689. The van der Waals surface area contributed by atoms with Crippen molar-refractivity contribution in [1.82, 2.24) is 14.8 Å². The predicted octanol–water partition coefficient (Wildman–Crippen LogP) is 2.05. The van der Waals surface area contributed by atoms with Crippen molar-refractivity contribution < 1.29 is 14.3 Å². The zero-order valence-electron chi connectivity index (χ0n) is 14.8. The number of pyridine rings is 1. The van der Waals surface area contributed by atoms with Crippen LogP contribution < -0.4 is 10.1 Å². The van der Waals surface area contributed by atoms with E-state index in [2.05, 4.69) is 29.0 Å². The van der Waals surface area contributed by atoms with Crippen LogP contribution in [0.2, 0.25) is 0 Å². The van der Waals surface area contributed by atoms with Gasteiger partial charge in [0.05, 0.1) is 6.61 Å². The molecular formula is C17H28N4O3. The number of hydrogen-bond donors (Lipinski definition) is 1. The molecule has 0 aromatic carbocycles. The van der Waals surface area contributed by atoms with Gasteiger partial charge in [0.25, 0.3) is 0 Å². The molecule has 2 rings (SSSR count). The molecule has 1 aromatic rings. The van der Waals surface area contributed by atoms with E-state index < -0.39 is 0 Å². The van der Waals surface area contributed by atoms with E-state index in [9.17, 15) is 4.79 Å². The number of likely N-dealkylation sites (tertiary alicyclic amines) is 1. The molecular weight excluding hydrogens is 308 g/mol. The number of amides is 2. The highest BCUT2D eigenvalue weighted by Crippen LogP contribution is 2.18. The molecule has 24 heavy (non-hydrogen) atoms. The Kier molecular flexibility index (Phi) is 7.27. The standard InChI is InChI=1S/C17H28N4O3/c1-4-20(5-2)15-7-9-21(13-15)17(22)19-14-6-8-18-16(12-14)24-11-10-23-3/h6,8,12,15H,4-5,7,9-11,13H2,1-3H3,(H,18,19,22)/t15-/m0/s1. The van der Waals surface area contributed by atoms with E-state index in [1.54, 1.807) is 25.4 Å². The second kappa shape index (κ2) is 9.44. The molecule has 0 saturated carbocycles. The molecule has 0 bridgehead atoms. The lowest BCUT2D eigenvalue weighted by molar-refractivity contribution is 0.144. The number of likely N-dealkylation sites (N-methyl/N-ethyl adjacent to an activating group) is 1. The smallest absolute Gasteiger partial charge is 0.321 e. The van der Waals surface area contributed by atoms with Gasteiger partial charge in [-0.3, -0.25) is 4.90 Å². The average molecular weight is 336 g/mol. The number of urea groups is 1. The van der Waals surface area contributed by atoms with Crippen molar-refractivity contribution in [1.29, 1.82) is 0 Å². The van der Waals surface area contributed by atoms with Crippen LogP contribution in [-0.4, -0.2) is 73.4 Å². The summed E-state index contributed by atoms with van der Waals surface area (Å²) in [5, 5.41) is 2.93. The van der Waals surface area contributed by atoms with Crippen LogP contribution in [0.4, 0.5) is 10.5 Å². The van der Waals surface area contributed by atoms with Crippen LogP contribution in [0.5, 0.6) is 5.88 Å². The van der Waals surface area contributed by atoms with Crippen molar-refractivity contribution in [3.05, 3.63) is 18.3 Å². The molecule has 1 atom stereocenters. The van der Waals surface area contributed by atoms with Crippen LogP contribution in [0.25, 0.3) is 0 Å². The largest absolute Gasteiger partial charge is 0.475 e. The highest BCUT2D eigenvalue weighted by Gasteiger charge is 2.29. The van der Waals surface area contributed by atoms with Gasteiger partial charge >= 0.3 is 6.03 Å². The minimum absolute atomic E-state index is 0.0707. The van der Waals surface area contributed by atoms with E-state index in [1.807, 2.05) is 4.90 Å². The SMILES string of the molecule is CCN(CC)[C@H]1CCN(C(=O)Nc2ccnc(OCCOC)c2)C1. The van der Waals surface area contributed by atoms with Gasteiger partial charge in [-0.05, 0) is 25.6 Å². The lowest BCUT2D eigenvalue weighted by Crippen LogP contribution is -2.39. The van der Waals surface area contributed by atoms with Gasteiger partial charge in [0, 0.05) is 44.2 Å². The fourth-order valence-corrected chi connectivity index (χ4v) is 2.96. The summed E-state index contributed by atoms with van der Waals surface area (Å²) < 4.78 is 10.4. The van der Waals surface area contributed by atoms with Crippen molar-refractivity contribution in [2.24, 2.45) is 0 Å². The first-order valence-corrected chi connectivity index (χ1v) is 8.55. The van der Waals surface area contributed by atoms with Gasteiger partial charge in [0.1, 0.15) is 6.61 Å². The molecule has 1 aromatic heterocycles. The van der Waals surface area contributed by atoms with Gasteiger partial charge in [0.15, 0.2) is 0 Å². The van der Waals surface area contributed by atoms with E-state index in [-0.39, 0.29) is 6.03 Å². The first kappa shape index (κ1) is 18.5. The normalized spacial score (nSPS) is 17.3. The monoisotopic (exact) mass is 336 g/mol. The molecule has 2 heterocycles. The Balaban J connectivity index is 1.87. The molecule has 1 aliphatic rings. The Morgan fingerprint density at radius 3 is 2.92 bits per heavy atom. The number of carbonyl (C=O) groups is 1. The topological polar surface area (TPSA) is 66.9 Å². The van der Waals surface area contributed by atoms with Crippen LogP contribution in [0.1, 0.15) is 20.3 Å². The average Bonchev–Trinajstić information content (AvgIpc) is 3.07. The molecule has 0 radical (unpaired) electrons. The number of anilines is 1. The maximum absolute atomic E-state index is 12.4. The molecule has 0 aliphatic carbocycles. The minimum atomic E-state index is -0.0707. The molecule has 7 heteroatoms. The number of carbonyl (C=O) groups excluding carboxylic acids is 1. The fourth-order valence-electron chi connectivity index (χ4n) is 2.96. The third kappa shape index (κ3) is 5.07. The fraction of sp³-hybridized carbons (Fsp3) is 0.647. The number of ether oxygens (including phenoxy) is 2. The lowest BCUT2D eigenvalue weighted by atomic mass is 10.2. The van der Waals surface area contributed by atoms with Crippen LogP contribution in [-0.2, 0) is 4.74 Å². The van der Waals surface area contributed by atoms with Crippen LogP contribution >= 0.6 is 0 Å². The third-order valence-electron chi connectivity index (χ3n) is 4.30. The molecule has 0 spiro atoms. The summed E-state index contributed by atoms with van der Waals surface area (Å²) in [5.74, 6) is 0.479. The molecule has 134 valence electrons. The summed E-state index contributed by atoms with van der Waals surface area (Å²) in [7, 11) is 1.62. The summed E-state index contributed by atoms with van der Waals surface area (Å²) >= 11 is 0. The number of aromatic nitrogens is 1. The maximum atomic E-state index is 12.4. The minimum Gasteiger partial charge on any atom is -0.475 e. The van der Waals surface area contributed by atoms with Crippen molar-refractivity contribution in [3.8, 4) is 5.88 Å². The summed E-state index contributed by atoms with van der Waals surface area (Å²) in [4.78, 5) is 20.8. The molecule has 1 fully saturated rings. The Labute approximate surface area is 143 Å². The first-order valence-electron chi connectivity index (χ1n) is 8.55. The zero-order chi connectivity index (χ0) is 17.4. The molecule has 1 aliphatic heterocycles. The van der Waals surface area contributed by atoms with E-state index in [0.717, 1.165) is 32.6 Å². The van der Waals surface area contributed by atoms with Crippen LogP contribution in [0.15, 0.2) is 18.3 Å². The van der Waals surface area contributed by atoms with Crippen molar-refractivity contribution >= 4 is 11.7 Å². The second-order valence-electron chi connectivity index (χ2n) is 5.76. The molecule has 7 nitrogen and oxygen atoms in total. The number of nitrogens with one attached hydrogen (secondary N) is 1. The number of hydrogen-bond acceptors (Lipinski definition) is 5. The van der Waals surface area contributed by atoms with Crippen molar-refractivity contribution in [2.45, 2.75) is 26.3 Å². The summed E-state index contributed by atoms with van der Waals surface area (Å²) in [6, 6.07) is 3.87. The number of nitrogens with zero attached hydrogens (tertiary/aromatic N) is 3. The van der Waals surface area contributed by atoms with Gasteiger partial charge < -0.3 is 19.7 Å². The highest BCUT2D eigenvalue weighted by molar-refractivity contribution is 5.89. The van der Waals surface area contributed by atoms with E-state index in [0.29, 0.717) is 30.8 Å². The number of rotatable bonds is 8. The molecule has 1 N–H and O–H groups in total. The quantitative estimate of drug-likeness (QED) is 0.736. The Hall–Kier alpha value is -1.86.